The van der Waals surface area contributed by atoms with Crippen LogP contribution in [0.3, 0.4) is 0 Å². The molecule has 4 heterocycles. The van der Waals surface area contributed by atoms with E-state index in [-0.39, 0.29) is 5.91 Å². The molecule has 0 aromatic carbocycles. The van der Waals surface area contributed by atoms with E-state index in [2.05, 4.69) is 14.9 Å². The maximum Gasteiger partial charge on any atom is 0.266 e. The van der Waals surface area contributed by atoms with E-state index >= 15 is 0 Å². The summed E-state index contributed by atoms with van der Waals surface area (Å²) >= 11 is 1.50. The van der Waals surface area contributed by atoms with E-state index in [0.717, 1.165) is 29.5 Å². The van der Waals surface area contributed by atoms with Crippen LogP contribution >= 0.6 is 11.3 Å². The number of anilines is 1. The summed E-state index contributed by atoms with van der Waals surface area (Å²) in [5.74, 6) is 0.973. The van der Waals surface area contributed by atoms with Gasteiger partial charge in [-0.2, -0.15) is 0 Å². The van der Waals surface area contributed by atoms with Crippen molar-refractivity contribution in [3.05, 3.63) is 59.4 Å². The number of carbonyl (C=O) groups is 1. The van der Waals surface area contributed by atoms with Crippen LogP contribution in [0, 0.1) is 0 Å². The van der Waals surface area contributed by atoms with Gasteiger partial charge in [-0.3, -0.25) is 9.78 Å². The number of amides is 1. The first-order valence-corrected chi connectivity index (χ1v) is 8.72. The Balaban J connectivity index is 1.47. The molecule has 1 fully saturated rings. The van der Waals surface area contributed by atoms with Crippen molar-refractivity contribution in [2.24, 2.45) is 0 Å². The lowest BCUT2D eigenvalue weighted by Gasteiger charge is -2.35. The van der Waals surface area contributed by atoms with Crippen molar-refractivity contribution in [1.29, 1.82) is 0 Å². The Morgan fingerprint density at radius 3 is 2.58 bits per heavy atom. The first-order valence-electron chi connectivity index (χ1n) is 7.84. The van der Waals surface area contributed by atoms with Gasteiger partial charge >= 0.3 is 0 Å². The quantitative estimate of drug-likeness (QED) is 0.735. The minimum atomic E-state index is 0.104. The topological polar surface area (TPSA) is 54.3 Å². The Morgan fingerprint density at radius 1 is 1.08 bits per heavy atom. The summed E-state index contributed by atoms with van der Waals surface area (Å²) in [6, 6.07) is 5.92. The molecule has 3 aromatic rings. The Bertz CT molecular complexity index is 807. The molecule has 1 amide bonds. The Kier molecular flexibility index (Phi) is 4.00. The molecule has 0 spiro atoms. The van der Waals surface area contributed by atoms with Gasteiger partial charge < -0.3 is 14.4 Å². The van der Waals surface area contributed by atoms with Crippen molar-refractivity contribution in [2.75, 3.05) is 31.1 Å². The molecular weight excluding hydrogens is 322 g/mol. The minimum absolute atomic E-state index is 0.104. The van der Waals surface area contributed by atoms with Crippen molar-refractivity contribution in [3.8, 4) is 5.69 Å². The van der Waals surface area contributed by atoms with E-state index in [4.69, 9.17) is 0 Å². The fraction of sp³-hybridized carbons (Fsp3) is 0.235. The molecule has 0 saturated carbocycles. The van der Waals surface area contributed by atoms with Gasteiger partial charge in [-0.05, 0) is 23.6 Å². The summed E-state index contributed by atoms with van der Waals surface area (Å²) in [5.41, 5.74) is 0.950. The van der Waals surface area contributed by atoms with Crippen LogP contribution < -0.4 is 4.90 Å². The molecule has 0 atom stereocenters. The van der Waals surface area contributed by atoms with Crippen molar-refractivity contribution in [3.63, 3.8) is 0 Å². The number of piperazine rings is 1. The van der Waals surface area contributed by atoms with Crippen LogP contribution in [0.1, 0.15) is 9.67 Å². The first kappa shape index (κ1) is 14.9. The first-order chi connectivity index (χ1) is 11.8. The van der Waals surface area contributed by atoms with Crippen molar-refractivity contribution in [2.45, 2.75) is 0 Å². The molecule has 0 radical (unpaired) electrons. The zero-order chi connectivity index (χ0) is 16.4. The molecule has 24 heavy (non-hydrogen) atoms. The number of thiophene rings is 1. The van der Waals surface area contributed by atoms with E-state index in [0.29, 0.717) is 13.1 Å². The summed E-state index contributed by atoms with van der Waals surface area (Å²) in [7, 11) is 0. The summed E-state index contributed by atoms with van der Waals surface area (Å²) in [6.07, 6.45) is 9.06. The number of aromatic nitrogens is 3. The van der Waals surface area contributed by atoms with Crippen molar-refractivity contribution < 1.29 is 4.79 Å². The lowest BCUT2D eigenvalue weighted by molar-refractivity contribution is 0.0751. The molecule has 1 saturated heterocycles. The van der Waals surface area contributed by atoms with Crippen LogP contribution in [0.2, 0.25) is 0 Å². The number of hydrogen-bond acceptors (Lipinski definition) is 5. The fourth-order valence-electron chi connectivity index (χ4n) is 2.90. The third-order valence-electron chi connectivity index (χ3n) is 4.16. The molecule has 1 aliphatic heterocycles. The molecule has 6 nitrogen and oxygen atoms in total. The van der Waals surface area contributed by atoms with Crippen LogP contribution in [-0.2, 0) is 0 Å². The van der Waals surface area contributed by atoms with Gasteiger partial charge in [0.15, 0.2) is 0 Å². The van der Waals surface area contributed by atoms with Crippen LogP contribution in [0.25, 0.3) is 5.69 Å². The highest BCUT2D eigenvalue weighted by molar-refractivity contribution is 7.12. The smallest absolute Gasteiger partial charge is 0.266 e. The second-order valence-corrected chi connectivity index (χ2v) is 6.48. The third kappa shape index (κ3) is 2.78. The number of hydrogen-bond donors (Lipinski definition) is 0. The zero-order valence-corrected chi connectivity index (χ0v) is 13.9. The van der Waals surface area contributed by atoms with E-state index in [1.807, 2.05) is 45.4 Å². The van der Waals surface area contributed by atoms with E-state index in [1.54, 1.807) is 18.6 Å². The highest BCUT2D eigenvalue weighted by Gasteiger charge is 2.25. The SMILES string of the molecule is O=C(c1sccc1-n1cccc1)N1CCN(c2cnccn2)CC1. The maximum absolute atomic E-state index is 12.9. The number of carbonyl (C=O) groups excluding carboxylic acids is 1. The van der Waals surface area contributed by atoms with Crippen LogP contribution in [0.4, 0.5) is 5.82 Å². The molecule has 3 aromatic heterocycles. The van der Waals surface area contributed by atoms with Gasteiger partial charge in [0, 0.05) is 51.0 Å². The second kappa shape index (κ2) is 6.45. The van der Waals surface area contributed by atoms with Gasteiger partial charge in [0.25, 0.3) is 5.91 Å². The minimum Gasteiger partial charge on any atom is -0.352 e. The third-order valence-corrected chi connectivity index (χ3v) is 5.05. The summed E-state index contributed by atoms with van der Waals surface area (Å²) in [5, 5.41) is 1.97. The molecule has 0 aliphatic carbocycles. The monoisotopic (exact) mass is 339 g/mol. The standard InChI is InChI=1S/C17H17N5OS/c23-17(16-14(3-12-24-16)20-6-1-2-7-20)22-10-8-21(9-11-22)15-13-18-4-5-19-15/h1-7,12-13H,8-11H2. The normalized spacial score (nSPS) is 14.8. The molecule has 0 bridgehead atoms. The molecule has 7 heteroatoms. The molecule has 122 valence electrons. The molecule has 0 N–H and O–H groups in total. The summed E-state index contributed by atoms with van der Waals surface area (Å²) < 4.78 is 1.99. The average molecular weight is 339 g/mol. The van der Waals surface area contributed by atoms with Crippen LogP contribution in [-0.4, -0.2) is 51.5 Å². The highest BCUT2D eigenvalue weighted by Crippen LogP contribution is 2.24. The van der Waals surface area contributed by atoms with Gasteiger partial charge in [-0.15, -0.1) is 11.3 Å². The maximum atomic E-state index is 12.9. The zero-order valence-electron chi connectivity index (χ0n) is 13.1. The summed E-state index contributed by atoms with van der Waals surface area (Å²) in [6.45, 7) is 2.93. The van der Waals surface area contributed by atoms with Crippen LogP contribution in [0.5, 0.6) is 0 Å². The predicted molar refractivity (Wildman–Crippen MR) is 93.8 cm³/mol. The lowest BCUT2D eigenvalue weighted by atomic mass is 10.2. The molecule has 1 aliphatic rings. The van der Waals surface area contributed by atoms with E-state index in [1.165, 1.54) is 11.3 Å². The predicted octanol–water partition coefficient (Wildman–Crippen LogP) is 2.29. The Morgan fingerprint density at radius 2 is 1.88 bits per heavy atom. The lowest BCUT2D eigenvalue weighted by Crippen LogP contribution is -2.49. The fourth-order valence-corrected chi connectivity index (χ4v) is 3.75. The van der Waals surface area contributed by atoms with Crippen molar-refractivity contribution in [1.82, 2.24) is 19.4 Å². The van der Waals surface area contributed by atoms with Gasteiger partial charge in [-0.25, -0.2) is 4.98 Å². The Hall–Kier alpha value is -2.67. The Labute approximate surface area is 144 Å². The number of nitrogens with zero attached hydrogens (tertiary/aromatic N) is 5. The average Bonchev–Trinajstić information content (AvgIpc) is 3.33. The van der Waals surface area contributed by atoms with E-state index in [9.17, 15) is 4.79 Å². The van der Waals surface area contributed by atoms with E-state index < -0.39 is 0 Å². The van der Waals surface area contributed by atoms with Crippen molar-refractivity contribution >= 4 is 23.1 Å². The second-order valence-electron chi connectivity index (χ2n) is 5.57. The van der Waals surface area contributed by atoms with Gasteiger partial charge in [0.2, 0.25) is 0 Å². The van der Waals surface area contributed by atoms with Gasteiger partial charge in [-0.1, -0.05) is 0 Å². The molecule has 0 unspecified atom stereocenters. The summed E-state index contributed by atoms with van der Waals surface area (Å²) in [4.78, 5) is 26.2. The van der Waals surface area contributed by atoms with Gasteiger partial charge in [0.05, 0.1) is 11.9 Å². The number of rotatable bonds is 3. The molecular formula is C17H17N5OS. The van der Waals surface area contributed by atoms with Crippen LogP contribution in [0.15, 0.2) is 54.6 Å². The largest absolute Gasteiger partial charge is 0.352 e. The van der Waals surface area contributed by atoms with Gasteiger partial charge in [0.1, 0.15) is 10.7 Å². The molecule has 4 rings (SSSR count). The highest BCUT2D eigenvalue weighted by atomic mass is 32.1.